The van der Waals surface area contributed by atoms with Gasteiger partial charge in [0.05, 0.1) is 11.2 Å². The fourth-order valence-electron chi connectivity index (χ4n) is 8.17. The Morgan fingerprint density at radius 1 is 1.00 bits per heavy atom. The summed E-state index contributed by atoms with van der Waals surface area (Å²) in [7, 11) is 0. The van der Waals surface area contributed by atoms with E-state index in [0.717, 1.165) is 12.0 Å². The van der Waals surface area contributed by atoms with Crippen LogP contribution < -0.4 is 9.47 Å². The third kappa shape index (κ3) is 4.47. The van der Waals surface area contributed by atoms with Crippen molar-refractivity contribution >= 4 is 23.6 Å². The first kappa shape index (κ1) is 32.0. The molecule has 0 radical (unpaired) electrons. The molecule has 46 heavy (non-hydrogen) atoms. The van der Waals surface area contributed by atoms with Gasteiger partial charge in [-0.1, -0.05) is 35.5 Å². The van der Waals surface area contributed by atoms with E-state index in [1.165, 1.54) is 18.6 Å². The number of aromatic hydroxyl groups is 1. The molecule has 8 nitrogen and oxygen atoms in total. The highest BCUT2D eigenvalue weighted by Gasteiger charge is 2.81. The maximum Gasteiger partial charge on any atom is 0.330 e. The zero-order chi connectivity index (χ0) is 33.6. The third-order valence-corrected chi connectivity index (χ3v) is 10.5. The molecule has 0 amide bonds. The van der Waals surface area contributed by atoms with Crippen LogP contribution in [0, 0.1) is 11.8 Å². The van der Waals surface area contributed by atoms with Crippen LogP contribution in [0.2, 0.25) is 0 Å². The molecule has 2 N–H and O–H groups in total. The van der Waals surface area contributed by atoms with Gasteiger partial charge in [-0.3, -0.25) is 9.59 Å². The van der Waals surface area contributed by atoms with E-state index in [9.17, 15) is 24.6 Å². The molecule has 1 spiro atoms. The second kappa shape index (κ2) is 10.6. The van der Waals surface area contributed by atoms with Crippen molar-refractivity contribution in [2.24, 2.45) is 11.8 Å². The molecule has 4 bridgehead atoms. The van der Waals surface area contributed by atoms with Gasteiger partial charge in [-0.2, -0.15) is 0 Å². The fraction of sp³-hybridized carbons (Fsp3) is 0.500. The number of ether oxygens (including phenoxy) is 3. The first-order valence-corrected chi connectivity index (χ1v) is 16.2. The minimum Gasteiger partial charge on any atom is -0.506 e. The molecule has 0 aromatic heterocycles. The molecule has 8 heteroatoms. The SMILES string of the molecule is CC(C)=CCC[C@]1(C)C=Cc2c(O)c3c(c(CC=C(C)C)c2O1)O[C@]12C(=C[C@@H]4C[C@@H]1C(C)(C)O[C@@]2(C/C=C(/C)C(=O)O)C4=O)C3=O. The molecule has 244 valence electrons. The van der Waals surface area contributed by atoms with Gasteiger partial charge in [0.15, 0.2) is 22.8 Å². The van der Waals surface area contributed by atoms with E-state index in [0.29, 0.717) is 41.7 Å². The molecule has 6 aliphatic rings. The van der Waals surface area contributed by atoms with Gasteiger partial charge < -0.3 is 24.4 Å². The quantitative estimate of drug-likeness (QED) is 0.228. The van der Waals surface area contributed by atoms with Gasteiger partial charge in [-0.25, -0.2) is 4.79 Å². The van der Waals surface area contributed by atoms with E-state index in [1.54, 1.807) is 6.08 Å². The second-order valence-electron chi connectivity index (χ2n) is 14.8. The highest BCUT2D eigenvalue weighted by molar-refractivity contribution is 6.19. The van der Waals surface area contributed by atoms with E-state index in [-0.39, 0.29) is 40.8 Å². The van der Waals surface area contributed by atoms with Gasteiger partial charge in [0.25, 0.3) is 0 Å². The molecular formula is C38H44O8. The number of hydrogen-bond donors (Lipinski definition) is 2. The summed E-state index contributed by atoms with van der Waals surface area (Å²) in [4.78, 5) is 40.8. The number of rotatable bonds is 8. The number of phenols is 1. The van der Waals surface area contributed by atoms with Gasteiger partial charge in [0, 0.05) is 35.0 Å². The van der Waals surface area contributed by atoms with Crippen molar-refractivity contribution in [2.75, 3.05) is 0 Å². The van der Waals surface area contributed by atoms with E-state index >= 15 is 0 Å². The summed E-state index contributed by atoms with van der Waals surface area (Å²) in [6.07, 6.45) is 13.4. The minimum absolute atomic E-state index is 0.0544. The Balaban J connectivity index is 1.59. The van der Waals surface area contributed by atoms with Crippen molar-refractivity contribution in [3.63, 3.8) is 0 Å². The third-order valence-electron chi connectivity index (χ3n) is 10.5. The maximum absolute atomic E-state index is 14.7. The number of aliphatic carboxylic acids is 1. The van der Waals surface area contributed by atoms with E-state index < -0.39 is 40.1 Å². The van der Waals surface area contributed by atoms with Crippen molar-refractivity contribution in [1.82, 2.24) is 0 Å². The molecule has 5 atom stereocenters. The van der Waals surface area contributed by atoms with Crippen molar-refractivity contribution in [3.8, 4) is 17.2 Å². The number of fused-ring (bicyclic) bond motifs is 2. The fourth-order valence-corrected chi connectivity index (χ4v) is 8.17. The Morgan fingerprint density at radius 3 is 2.35 bits per heavy atom. The molecule has 1 aromatic carbocycles. The molecule has 0 unspecified atom stereocenters. The number of carboxylic acid groups (broad SMARTS) is 1. The van der Waals surface area contributed by atoms with Crippen LogP contribution in [-0.2, 0) is 20.7 Å². The van der Waals surface area contributed by atoms with Crippen LogP contribution >= 0.6 is 0 Å². The Hall–Kier alpha value is -3.91. The normalized spacial score (nSPS) is 31.2. The zero-order valence-corrected chi connectivity index (χ0v) is 28.0. The Bertz CT molecular complexity index is 1730. The zero-order valence-electron chi connectivity index (χ0n) is 28.0. The largest absolute Gasteiger partial charge is 0.506 e. The van der Waals surface area contributed by atoms with Crippen molar-refractivity contribution in [2.45, 2.75) is 110 Å². The van der Waals surface area contributed by atoms with Gasteiger partial charge in [-0.15, -0.1) is 0 Å². The number of carboxylic acids is 1. The average Bonchev–Trinajstić information content (AvgIpc) is 3.12. The van der Waals surface area contributed by atoms with Crippen LogP contribution in [0.5, 0.6) is 17.2 Å². The smallest absolute Gasteiger partial charge is 0.330 e. The van der Waals surface area contributed by atoms with Crippen molar-refractivity contribution in [1.29, 1.82) is 0 Å². The van der Waals surface area contributed by atoms with Gasteiger partial charge in [0.1, 0.15) is 28.4 Å². The first-order valence-electron chi connectivity index (χ1n) is 16.2. The summed E-state index contributed by atoms with van der Waals surface area (Å²) in [6, 6.07) is 0. The highest BCUT2D eigenvalue weighted by atomic mass is 16.6. The summed E-state index contributed by atoms with van der Waals surface area (Å²) in [6.45, 7) is 15.4. The predicted molar refractivity (Wildman–Crippen MR) is 174 cm³/mol. The maximum atomic E-state index is 14.7. The Kier molecular flexibility index (Phi) is 7.36. The van der Waals surface area contributed by atoms with Crippen LogP contribution in [-0.4, -0.2) is 50.2 Å². The number of hydrogen-bond acceptors (Lipinski definition) is 7. The summed E-state index contributed by atoms with van der Waals surface area (Å²) in [5, 5.41) is 21.4. The summed E-state index contributed by atoms with van der Waals surface area (Å²) >= 11 is 0. The molecule has 7 rings (SSSR count). The molecule has 3 aliphatic carbocycles. The predicted octanol–water partition coefficient (Wildman–Crippen LogP) is 7.24. The van der Waals surface area contributed by atoms with Crippen molar-refractivity contribution < 1.29 is 38.8 Å². The van der Waals surface area contributed by atoms with E-state index in [1.807, 2.05) is 52.8 Å². The lowest BCUT2D eigenvalue weighted by Gasteiger charge is -2.56. The number of carbonyl (C=O) groups excluding carboxylic acids is 2. The van der Waals surface area contributed by atoms with Gasteiger partial charge in [-0.05, 0) is 93.2 Å². The monoisotopic (exact) mass is 628 g/mol. The van der Waals surface area contributed by atoms with Crippen LogP contribution in [0.3, 0.4) is 0 Å². The standard InChI is InChI=1S/C38H44O8/c1-20(2)10-9-15-36(8)16-14-24-29(39)28-30(40)26-18-23-19-27-35(6,7)46-37(33(23)41,17-13-22(5)34(42)43)38(26,27)45-32(28)25(31(24)44-36)12-11-21(3)4/h10-11,13-14,16,18,23,27,39H,9,12,15,17,19H2,1-8H3,(H,42,43)/b22-13-/t23-,27-,36-,37+,38-/m1/s1. The molecule has 1 saturated carbocycles. The number of benzene rings is 1. The number of ketones is 2. The average molecular weight is 629 g/mol. The van der Waals surface area contributed by atoms with Crippen LogP contribution in [0.1, 0.15) is 103 Å². The minimum atomic E-state index is -1.63. The Labute approximate surface area is 270 Å². The second-order valence-corrected chi connectivity index (χ2v) is 14.8. The molecular weight excluding hydrogens is 584 g/mol. The molecule has 3 heterocycles. The van der Waals surface area contributed by atoms with Crippen LogP contribution in [0.15, 0.2) is 52.7 Å². The topological polar surface area (TPSA) is 119 Å². The number of Topliss-reactive ketones (excluding diaryl/α,β-unsaturated/α-hetero) is 2. The first-order chi connectivity index (χ1) is 21.5. The van der Waals surface area contributed by atoms with E-state index in [2.05, 4.69) is 19.9 Å². The van der Waals surface area contributed by atoms with Crippen LogP contribution in [0.4, 0.5) is 0 Å². The van der Waals surface area contributed by atoms with Crippen molar-refractivity contribution in [3.05, 3.63) is 69.4 Å². The Morgan fingerprint density at radius 2 is 1.70 bits per heavy atom. The number of allylic oxidation sites excluding steroid dienone is 5. The molecule has 3 aliphatic heterocycles. The summed E-state index contributed by atoms with van der Waals surface area (Å²) in [5.41, 5.74) is -0.952. The lowest BCUT2D eigenvalue weighted by Crippen LogP contribution is -2.72. The van der Waals surface area contributed by atoms with E-state index in [4.69, 9.17) is 14.2 Å². The lowest BCUT2D eigenvalue weighted by molar-refractivity contribution is -0.171. The van der Waals surface area contributed by atoms with Crippen LogP contribution in [0.25, 0.3) is 6.08 Å². The molecule has 1 saturated heterocycles. The molecule has 1 aromatic rings. The highest BCUT2D eigenvalue weighted by Crippen LogP contribution is 2.68. The molecule has 2 fully saturated rings. The number of phenolic OH excluding ortho intramolecular Hbond substituents is 1. The summed E-state index contributed by atoms with van der Waals surface area (Å²) < 4.78 is 20.6. The number of carbonyl (C=O) groups is 3. The van der Waals surface area contributed by atoms with Gasteiger partial charge >= 0.3 is 5.97 Å². The lowest BCUT2D eigenvalue weighted by atomic mass is 9.51. The van der Waals surface area contributed by atoms with Gasteiger partial charge in [0.2, 0.25) is 0 Å². The summed E-state index contributed by atoms with van der Waals surface area (Å²) in [5.74, 6) is -2.28.